The summed E-state index contributed by atoms with van der Waals surface area (Å²) >= 11 is 0. The molecule has 0 radical (unpaired) electrons. The lowest BCUT2D eigenvalue weighted by Gasteiger charge is -2.15. The number of carbonyl (C=O) groups excluding carboxylic acids is 3. The van der Waals surface area contributed by atoms with Crippen molar-refractivity contribution in [3.8, 4) is 0 Å². The molecular formula is C19H18N4O5. The first-order valence-corrected chi connectivity index (χ1v) is 8.56. The molecule has 1 aliphatic rings. The number of nitrogens with one attached hydrogen (secondary N) is 2. The van der Waals surface area contributed by atoms with E-state index < -0.39 is 10.8 Å². The second-order valence-electron chi connectivity index (χ2n) is 6.51. The van der Waals surface area contributed by atoms with E-state index in [1.54, 1.807) is 31.2 Å². The summed E-state index contributed by atoms with van der Waals surface area (Å²) in [6.45, 7) is 3.04. The minimum absolute atomic E-state index is 0.0906. The predicted octanol–water partition coefficient (Wildman–Crippen LogP) is 3.20. The Balaban J connectivity index is 1.88. The van der Waals surface area contributed by atoms with Crippen molar-refractivity contribution in [2.45, 2.75) is 20.3 Å². The van der Waals surface area contributed by atoms with Crippen molar-refractivity contribution in [1.82, 2.24) is 0 Å². The summed E-state index contributed by atoms with van der Waals surface area (Å²) in [7, 11) is 0. The molecule has 0 aromatic heterocycles. The zero-order chi connectivity index (χ0) is 20.4. The number of rotatable bonds is 5. The van der Waals surface area contributed by atoms with Gasteiger partial charge in [0.15, 0.2) is 0 Å². The van der Waals surface area contributed by atoms with Crippen LogP contribution in [0.25, 0.3) is 0 Å². The Morgan fingerprint density at radius 1 is 1.14 bits per heavy atom. The van der Waals surface area contributed by atoms with E-state index in [1.165, 1.54) is 25.1 Å². The third-order valence-electron chi connectivity index (χ3n) is 4.29. The maximum atomic E-state index is 12.2. The van der Waals surface area contributed by atoms with Gasteiger partial charge in [0.25, 0.3) is 5.69 Å². The van der Waals surface area contributed by atoms with Gasteiger partial charge in [-0.05, 0) is 36.4 Å². The molecule has 1 aliphatic heterocycles. The van der Waals surface area contributed by atoms with Crippen LogP contribution in [0.3, 0.4) is 0 Å². The van der Waals surface area contributed by atoms with E-state index in [-0.39, 0.29) is 41.2 Å². The number of hydrogen-bond donors (Lipinski definition) is 2. The average molecular weight is 382 g/mol. The van der Waals surface area contributed by atoms with Gasteiger partial charge < -0.3 is 10.6 Å². The summed E-state index contributed by atoms with van der Waals surface area (Å²) in [6.07, 6.45) is 0.0906. The zero-order valence-electron chi connectivity index (χ0n) is 15.3. The highest BCUT2D eigenvalue weighted by Gasteiger charge is 2.37. The molecule has 1 atom stereocenters. The molecule has 2 N–H and O–H groups in total. The lowest BCUT2D eigenvalue weighted by Crippen LogP contribution is -2.30. The van der Waals surface area contributed by atoms with Crippen molar-refractivity contribution < 1.29 is 19.3 Å². The molecule has 9 nitrogen and oxygen atoms in total. The van der Waals surface area contributed by atoms with Gasteiger partial charge in [-0.1, -0.05) is 6.92 Å². The van der Waals surface area contributed by atoms with Crippen molar-refractivity contribution >= 4 is 46.2 Å². The van der Waals surface area contributed by atoms with Gasteiger partial charge in [-0.3, -0.25) is 29.4 Å². The van der Waals surface area contributed by atoms with E-state index in [0.717, 1.165) is 4.90 Å². The van der Waals surface area contributed by atoms with Crippen LogP contribution in [0.4, 0.5) is 28.4 Å². The number of hydrogen-bond acceptors (Lipinski definition) is 6. The second kappa shape index (κ2) is 7.47. The molecule has 3 amide bonds. The number of carbonyl (C=O) groups is 3. The lowest BCUT2D eigenvalue weighted by atomic mass is 10.1. The largest absolute Gasteiger partial charge is 0.350 e. The molecule has 28 heavy (non-hydrogen) atoms. The first kappa shape index (κ1) is 19.0. The molecule has 0 spiro atoms. The fraction of sp³-hybridized carbons (Fsp3) is 0.211. The van der Waals surface area contributed by atoms with Crippen LogP contribution in [0, 0.1) is 16.0 Å². The van der Waals surface area contributed by atoms with Crippen LogP contribution in [0.1, 0.15) is 20.3 Å². The first-order chi connectivity index (χ1) is 13.3. The van der Waals surface area contributed by atoms with Gasteiger partial charge >= 0.3 is 0 Å². The van der Waals surface area contributed by atoms with Crippen LogP contribution in [0.2, 0.25) is 0 Å². The van der Waals surface area contributed by atoms with Crippen LogP contribution in [-0.2, 0) is 14.4 Å². The first-order valence-electron chi connectivity index (χ1n) is 8.56. The topological polar surface area (TPSA) is 122 Å². The quantitative estimate of drug-likeness (QED) is 0.465. The normalized spacial score (nSPS) is 16.2. The molecular weight excluding hydrogens is 364 g/mol. The van der Waals surface area contributed by atoms with Crippen molar-refractivity contribution in [1.29, 1.82) is 0 Å². The van der Waals surface area contributed by atoms with Crippen LogP contribution in [-0.4, -0.2) is 22.6 Å². The number of imide groups is 1. The van der Waals surface area contributed by atoms with Crippen LogP contribution >= 0.6 is 0 Å². The monoisotopic (exact) mass is 382 g/mol. The van der Waals surface area contributed by atoms with E-state index in [0.29, 0.717) is 11.4 Å². The van der Waals surface area contributed by atoms with Crippen LogP contribution in [0.15, 0.2) is 42.5 Å². The predicted molar refractivity (Wildman–Crippen MR) is 103 cm³/mol. The number of nitro benzene ring substituents is 1. The van der Waals surface area contributed by atoms with E-state index in [2.05, 4.69) is 10.6 Å². The number of nitro groups is 1. The third kappa shape index (κ3) is 3.83. The van der Waals surface area contributed by atoms with E-state index in [1.807, 2.05) is 0 Å². The summed E-state index contributed by atoms with van der Waals surface area (Å²) in [4.78, 5) is 47.2. The van der Waals surface area contributed by atoms with Crippen molar-refractivity contribution in [3.63, 3.8) is 0 Å². The fourth-order valence-electron chi connectivity index (χ4n) is 2.97. The Hall–Kier alpha value is -3.75. The van der Waals surface area contributed by atoms with E-state index in [9.17, 15) is 24.5 Å². The minimum atomic E-state index is -0.577. The Morgan fingerprint density at radius 3 is 2.32 bits per heavy atom. The van der Waals surface area contributed by atoms with Crippen molar-refractivity contribution in [3.05, 3.63) is 52.6 Å². The number of benzene rings is 2. The van der Waals surface area contributed by atoms with Gasteiger partial charge in [0.05, 0.1) is 10.6 Å². The van der Waals surface area contributed by atoms with Gasteiger partial charge in [0, 0.05) is 36.7 Å². The maximum Gasteiger partial charge on any atom is 0.294 e. The van der Waals surface area contributed by atoms with Crippen molar-refractivity contribution in [2.24, 2.45) is 5.92 Å². The van der Waals surface area contributed by atoms with Crippen molar-refractivity contribution in [2.75, 3.05) is 15.5 Å². The molecule has 1 fully saturated rings. The second-order valence-corrected chi connectivity index (χ2v) is 6.51. The zero-order valence-corrected chi connectivity index (χ0v) is 15.3. The number of anilines is 4. The molecule has 0 saturated carbocycles. The Labute approximate surface area is 160 Å². The van der Waals surface area contributed by atoms with Gasteiger partial charge in [-0.25, -0.2) is 0 Å². The number of nitrogens with zero attached hydrogens (tertiary/aromatic N) is 2. The maximum absolute atomic E-state index is 12.2. The Morgan fingerprint density at radius 2 is 1.79 bits per heavy atom. The molecule has 2 aromatic carbocycles. The molecule has 2 aromatic rings. The Bertz CT molecular complexity index is 971. The SMILES string of the molecule is CC(=O)Nc1ccc(Nc2ccc(N3C(=O)CC(C)C3=O)cc2[N+](=O)[O-])cc1. The Kier molecular flexibility index (Phi) is 5.08. The van der Waals surface area contributed by atoms with Gasteiger partial charge in [0.1, 0.15) is 5.69 Å². The standard InChI is InChI=1S/C19H18N4O5/c1-11-9-18(25)22(19(11)26)15-7-8-16(17(10-15)23(27)28)21-14-5-3-13(4-6-14)20-12(2)24/h3-8,10-11,21H,9H2,1-2H3,(H,20,24). The molecule has 3 rings (SSSR count). The third-order valence-corrected chi connectivity index (χ3v) is 4.29. The number of amides is 3. The molecule has 0 bridgehead atoms. The van der Waals surface area contributed by atoms with E-state index >= 15 is 0 Å². The highest BCUT2D eigenvalue weighted by Crippen LogP contribution is 2.34. The van der Waals surface area contributed by atoms with E-state index in [4.69, 9.17) is 0 Å². The van der Waals surface area contributed by atoms with Gasteiger partial charge in [-0.2, -0.15) is 0 Å². The molecule has 1 unspecified atom stereocenters. The minimum Gasteiger partial charge on any atom is -0.350 e. The highest BCUT2D eigenvalue weighted by molar-refractivity contribution is 6.21. The molecule has 1 heterocycles. The van der Waals surface area contributed by atoms with Crippen LogP contribution in [0.5, 0.6) is 0 Å². The average Bonchev–Trinajstić information content (AvgIpc) is 2.88. The summed E-state index contributed by atoms with van der Waals surface area (Å²) < 4.78 is 0. The smallest absolute Gasteiger partial charge is 0.294 e. The van der Waals surface area contributed by atoms with Gasteiger partial charge in [0.2, 0.25) is 17.7 Å². The molecule has 9 heteroatoms. The summed E-state index contributed by atoms with van der Waals surface area (Å²) in [5.74, 6) is -1.38. The lowest BCUT2D eigenvalue weighted by molar-refractivity contribution is -0.383. The molecule has 144 valence electrons. The fourth-order valence-corrected chi connectivity index (χ4v) is 2.97. The molecule has 1 saturated heterocycles. The van der Waals surface area contributed by atoms with Gasteiger partial charge in [-0.15, -0.1) is 0 Å². The summed E-state index contributed by atoms with van der Waals surface area (Å²) in [5.41, 5.74) is 1.31. The summed E-state index contributed by atoms with van der Waals surface area (Å²) in [6, 6.07) is 10.8. The highest BCUT2D eigenvalue weighted by atomic mass is 16.6. The molecule has 0 aliphatic carbocycles. The van der Waals surface area contributed by atoms with Crippen LogP contribution < -0.4 is 15.5 Å². The summed E-state index contributed by atoms with van der Waals surface area (Å²) in [5, 5.41) is 17.1.